The Morgan fingerprint density at radius 1 is 1.09 bits per heavy atom. The normalized spacial score (nSPS) is 14.3. The highest BCUT2D eigenvalue weighted by Crippen LogP contribution is 2.33. The Kier molecular flexibility index (Phi) is 7.73. The summed E-state index contributed by atoms with van der Waals surface area (Å²) in [6.07, 6.45) is 7.15. The molecule has 1 amide bonds. The number of hydrogen-bond acceptors (Lipinski definition) is 5. The molecule has 3 aromatic rings. The molecule has 1 heterocycles. The zero-order valence-corrected chi connectivity index (χ0v) is 19.2. The minimum absolute atomic E-state index is 0.0843. The van der Waals surface area contributed by atoms with Crippen LogP contribution in [-0.4, -0.2) is 35.7 Å². The summed E-state index contributed by atoms with van der Waals surface area (Å²) >= 11 is 0. The van der Waals surface area contributed by atoms with Crippen molar-refractivity contribution in [2.45, 2.75) is 51.0 Å². The minimum Gasteiger partial charge on any atom is -0.385 e. The number of fused-ring (bicyclic) bond motifs is 1. The van der Waals surface area contributed by atoms with Gasteiger partial charge in [-0.25, -0.2) is 4.98 Å². The fraction of sp³-hybridized carbons (Fsp3) is 0.423. The SMILES string of the molecule is COCCCNc1nc2ccccc2n(CC(=O)Nc2ccc(C3CCCCC3)cc2)c1=O. The van der Waals surface area contributed by atoms with Gasteiger partial charge in [-0.15, -0.1) is 0 Å². The number of ether oxygens (including phenoxy) is 1. The summed E-state index contributed by atoms with van der Waals surface area (Å²) in [6.45, 7) is 1.07. The molecule has 0 unspecified atom stereocenters. The number of rotatable bonds is 9. The van der Waals surface area contributed by atoms with Gasteiger partial charge in [0.15, 0.2) is 5.82 Å². The van der Waals surface area contributed by atoms with E-state index in [9.17, 15) is 9.59 Å². The van der Waals surface area contributed by atoms with Crippen LogP contribution < -0.4 is 16.2 Å². The van der Waals surface area contributed by atoms with E-state index in [1.54, 1.807) is 7.11 Å². The average molecular weight is 449 g/mol. The number of amides is 1. The molecular formula is C26H32N4O3. The summed E-state index contributed by atoms with van der Waals surface area (Å²) in [6, 6.07) is 15.5. The Morgan fingerprint density at radius 3 is 2.61 bits per heavy atom. The Balaban J connectivity index is 1.48. The first-order valence-electron chi connectivity index (χ1n) is 11.8. The van der Waals surface area contributed by atoms with E-state index < -0.39 is 0 Å². The molecule has 33 heavy (non-hydrogen) atoms. The van der Waals surface area contributed by atoms with E-state index in [2.05, 4.69) is 27.8 Å². The topological polar surface area (TPSA) is 85.2 Å². The number of nitrogens with zero attached hydrogens (tertiary/aromatic N) is 2. The summed E-state index contributed by atoms with van der Waals surface area (Å²) in [5.74, 6) is 0.624. The number of para-hydroxylation sites is 2. The van der Waals surface area contributed by atoms with Crippen LogP contribution in [0.15, 0.2) is 53.3 Å². The molecule has 0 bridgehead atoms. The summed E-state index contributed by atoms with van der Waals surface area (Å²) < 4.78 is 6.54. The zero-order valence-electron chi connectivity index (χ0n) is 19.2. The molecule has 7 heteroatoms. The van der Waals surface area contributed by atoms with Gasteiger partial charge in [-0.05, 0) is 55.0 Å². The first kappa shape index (κ1) is 23.0. The molecule has 0 spiro atoms. The van der Waals surface area contributed by atoms with Gasteiger partial charge in [0.1, 0.15) is 6.54 Å². The lowest BCUT2D eigenvalue weighted by Gasteiger charge is -2.22. The highest BCUT2D eigenvalue weighted by Gasteiger charge is 2.16. The largest absolute Gasteiger partial charge is 0.385 e. The minimum atomic E-state index is -0.311. The van der Waals surface area contributed by atoms with Crippen LogP contribution in [0.3, 0.4) is 0 Å². The highest BCUT2D eigenvalue weighted by atomic mass is 16.5. The third kappa shape index (κ3) is 5.79. The van der Waals surface area contributed by atoms with Gasteiger partial charge in [0, 0.05) is 25.9 Å². The molecule has 1 aliphatic carbocycles. The number of hydrogen-bond donors (Lipinski definition) is 2. The Bertz CT molecular complexity index is 1130. The van der Waals surface area contributed by atoms with Gasteiger partial charge in [0.25, 0.3) is 5.56 Å². The van der Waals surface area contributed by atoms with Gasteiger partial charge >= 0.3 is 0 Å². The predicted molar refractivity (Wildman–Crippen MR) is 132 cm³/mol. The van der Waals surface area contributed by atoms with Crippen molar-refractivity contribution in [2.75, 3.05) is 30.9 Å². The molecule has 1 saturated carbocycles. The highest BCUT2D eigenvalue weighted by molar-refractivity contribution is 5.91. The molecule has 2 aromatic carbocycles. The Morgan fingerprint density at radius 2 is 1.85 bits per heavy atom. The van der Waals surface area contributed by atoms with Gasteiger partial charge in [-0.3, -0.25) is 14.2 Å². The van der Waals surface area contributed by atoms with Crippen LogP contribution in [-0.2, 0) is 16.1 Å². The first-order chi connectivity index (χ1) is 16.2. The van der Waals surface area contributed by atoms with E-state index in [-0.39, 0.29) is 23.8 Å². The van der Waals surface area contributed by atoms with Crippen molar-refractivity contribution in [1.29, 1.82) is 0 Å². The van der Waals surface area contributed by atoms with Crippen molar-refractivity contribution in [3.05, 3.63) is 64.4 Å². The van der Waals surface area contributed by atoms with Crippen LogP contribution in [0.4, 0.5) is 11.5 Å². The van der Waals surface area contributed by atoms with E-state index in [0.717, 1.165) is 12.1 Å². The fourth-order valence-electron chi connectivity index (χ4n) is 4.51. The van der Waals surface area contributed by atoms with Crippen molar-refractivity contribution in [3.63, 3.8) is 0 Å². The first-order valence-corrected chi connectivity index (χ1v) is 11.8. The van der Waals surface area contributed by atoms with Crippen LogP contribution in [0.5, 0.6) is 0 Å². The van der Waals surface area contributed by atoms with E-state index in [4.69, 9.17) is 4.74 Å². The third-order valence-corrected chi connectivity index (χ3v) is 6.24. The predicted octanol–water partition coefficient (Wildman–Crippen LogP) is 4.53. The summed E-state index contributed by atoms with van der Waals surface area (Å²) in [5, 5.41) is 6.02. The molecule has 0 radical (unpaired) electrons. The second-order valence-corrected chi connectivity index (χ2v) is 8.62. The van der Waals surface area contributed by atoms with E-state index >= 15 is 0 Å². The molecule has 174 valence electrons. The van der Waals surface area contributed by atoms with E-state index in [1.165, 1.54) is 42.2 Å². The number of carbonyl (C=O) groups is 1. The second kappa shape index (κ2) is 11.1. The molecule has 0 atom stereocenters. The van der Waals surface area contributed by atoms with Crippen molar-refractivity contribution < 1.29 is 9.53 Å². The maximum Gasteiger partial charge on any atom is 0.294 e. The number of methoxy groups -OCH3 is 1. The fourth-order valence-corrected chi connectivity index (χ4v) is 4.51. The maximum atomic E-state index is 13.1. The van der Waals surface area contributed by atoms with Crippen LogP contribution in [0.25, 0.3) is 11.0 Å². The van der Waals surface area contributed by atoms with Gasteiger partial charge in [-0.2, -0.15) is 0 Å². The standard InChI is InChI=1S/C26H32N4O3/c1-33-17-7-16-27-25-26(32)30(23-11-6-5-10-22(23)29-25)18-24(31)28-21-14-12-20(13-15-21)19-8-3-2-4-9-19/h5-6,10-15,19H,2-4,7-9,16-18H2,1H3,(H,27,29)(H,28,31). The van der Waals surface area contributed by atoms with Crippen molar-refractivity contribution >= 4 is 28.4 Å². The molecule has 1 fully saturated rings. The molecule has 0 aliphatic heterocycles. The average Bonchev–Trinajstić information content (AvgIpc) is 2.85. The lowest BCUT2D eigenvalue weighted by atomic mass is 9.84. The monoisotopic (exact) mass is 448 g/mol. The lowest BCUT2D eigenvalue weighted by Crippen LogP contribution is -2.30. The number of anilines is 2. The van der Waals surface area contributed by atoms with E-state index in [0.29, 0.717) is 30.1 Å². The summed E-state index contributed by atoms with van der Waals surface area (Å²) in [7, 11) is 1.64. The van der Waals surface area contributed by atoms with Crippen LogP contribution >= 0.6 is 0 Å². The lowest BCUT2D eigenvalue weighted by molar-refractivity contribution is -0.116. The van der Waals surface area contributed by atoms with Gasteiger partial charge in [0.2, 0.25) is 5.91 Å². The second-order valence-electron chi connectivity index (χ2n) is 8.62. The molecule has 1 aromatic heterocycles. The molecule has 7 nitrogen and oxygen atoms in total. The number of aromatic nitrogens is 2. The Hall–Kier alpha value is -3.19. The molecule has 1 aliphatic rings. The van der Waals surface area contributed by atoms with Gasteiger partial charge in [0.05, 0.1) is 11.0 Å². The van der Waals surface area contributed by atoms with E-state index in [1.807, 2.05) is 36.4 Å². The molecule has 2 N–H and O–H groups in total. The Labute approximate surface area is 194 Å². The smallest absolute Gasteiger partial charge is 0.294 e. The van der Waals surface area contributed by atoms with Crippen LogP contribution in [0.1, 0.15) is 50.0 Å². The van der Waals surface area contributed by atoms with Crippen LogP contribution in [0.2, 0.25) is 0 Å². The summed E-state index contributed by atoms with van der Waals surface area (Å²) in [5.41, 5.74) is 3.06. The summed E-state index contributed by atoms with van der Waals surface area (Å²) in [4.78, 5) is 30.4. The van der Waals surface area contributed by atoms with Gasteiger partial charge in [-0.1, -0.05) is 43.5 Å². The molecular weight excluding hydrogens is 416 g/mol. The van der Waals surface area contributed by atoms with Crippen molar-refractivity contribution in [3.8, 4) is 0 Å². The number of carbonyl (C=O) groups excluding carboxylic acids is 1. The number of nitrogens with one attached hydrogen (secondary N) is 2. The molecule has 0 saturated heterocycles. The van der Waals surface area contributed by atoms with Gasteiger partial charge < -0.3 is 15.4 Å². The zero-order chi connectivity index (χ0) is 23.0. The maximum absolute atomic E-state index is 13.1. The quantitative estimate of drug-likeness (QED) is 0.470. The van der Waals surface area contributed by atoms with Crippen molar-refractivity contribution in [1.82, 2.24) is 9.55 Å². The van der Waals surface area contributed by atoms with Crippen LogP contribution in [0, 0.1) is 0 Å². The molecule has 4 rings (SSSR count). The number of benzene rings is 2. The third-order valence-electron chi connectivity index (χ3n) is 6.24. The van der Waals surface area contributed by atoms with Crippen molar-refractivity contribution in [2.24, 2.45) is 0 Å².